The van der Waals surface area contributed by atoms with Crippen molar-refractivity contribution in [1.29, 1.82) is 0 Å². The van der Waals surface area contributed by atoms with Gasteiger partial charge in [-0.15, -0.1) is 0 Å². The second-order valence-corrected chi connectivity index (χ2v) is 7.89. The Balaban J connectivity index is 1.96. The van der Waals surface area contributed by atoms with Crippen LogP contribution in [0.1, 0.15) is 70.9 Å². The molecule has 0 aliphatic heterocycles. The first-order chi connectivity index (χ1) is 12.9. The van der Waals surface area contributed by atoms with Crippen LogP contribution in [-0.2, 0) is 16.0 Å². The molecule has 0 amide bonds. The summed E-state index contributed by atoms with van der Waals surface area (Å²) < 4.78 is 4.97. The van der Waals surface area contributed by atoms with E-state index in [1.54, 1.807) is 0 Å². The average Bonchev–Trinajstić information content (AvgIpc) is 2.61. The van der Waals surface area contributed by atoms with Gasteiger partial charge in [-0.05, 0) is 80.7 Å². The molecule has 144 valence electrons. The minimum atomic E-state index is -0.117. The zero-order valence-electron chi connectivity index (χ0n) is 17.2. The Morgan fingerprint density at radius 3 is 2.89 bits per heavy atom. The van der Waals surface area contributed by atoms with Crippen LogP contribution in [0.25, 0.3) is 0 Å². The SMILES string of the molecule is CCOC(=O)CCCc1cccc(C#CC=CC2=C(C)CCCC2(C)C)c1. The largest absolute Gasteiger partial charge is 0.466 e. The van der Waals surface area contributed by atoms with E-state index in [-0.39, 0.29) is 11.4 Å². The van der Waals surface area contributed by atoms with Gasteiger partial charge in [0.25, 0.3) is 0 Å². The van der Waals surface area contributed by atoms with Gasteiger partial charge < -0.3 is 4.74 Å². The summed E-state index contributed by atoms with van der Waals surface area (Å²) in [5.41, 5.74) is 5.41. The number of ether oxygens (including phenoxy) is 1. The topological polar surface area (TPSA) is 26.3 Å². The lowest BCUT2D eigenvalue weighted by Gasteiger charge is -2.32. The second kappa shape index (κ2) is 10.2. The average molecular weight is 365 g/mol. The standard InChI is InChI=1S/C25H32O2/c1-5-27-24(26)17-9-15-22-14-8-13-21(19-22)12-6-7-16-23-20(2)11-10-18-25(23,3)4/h7-8,13-14,16,19H,5,9-11,15,17-18H2,1-4H3. The number of aryl methyl sites for hydroxylation is 1. The van der Waals surface area contributed by atoms with Crippen LogP contribution in [0.2, 0.25) is 0 Å². The van der Waals surface area contributed by atoms with Gasteiger partial charge >= 0.3 is 5.97 Å². The second-order valence-electron chi connectivity index (χ2n) is 7.89. The Morgan fingerprint density at radius 2 is 2.15 bits per heavy atom. The summed E-state index contributed by atoms with van der Waals surface area (Å²) in [6, 6.07) is 8.26. The summed E-state index contributed by atoms with van der Waals surface area (Å²) in [5, 5.41) is 0. The highest BCUT2D eigenvalue weighted by atomic mass is 16.5. The van der Waals surface area contributed by atoms with Crippen molar-refractivity contribution in [2.75, 3.05) is 6.61 Å². The van der Waals surface area contributed by atoms with Crippen LogP contribution < -0.4 is 0 Å². The summed E-state index contributed by atoms with van der Waals surface area (Å²) in [6.07, 6.45) is 10.0. The summed E-state index contributed by atoms with van der Waals surface area (Å²) in [4.78, 5) is 11.4. The number of rotatable bonds is 6. The van der Waals surface area contributed by atoms with Crippen molar-refractivity contribution < 1.29 is 9.53 Å². The number of hydrogen-bond acceptors (Lipinski definition) is 2. The highest BCUT2D eigenvalue weighted by Crippen LogP contribution is 2.40. The van der Waals surface area contributed by atoms with Crippen molar-refractivity contribution in [3.05, 3.63) is 58.7 Å². The van der Waals surface area contributed by atoms with Gasteiger partial charge in [0.15, 0.2) is 0 Å². The quantitative estimate of drug-likeness (QED) is 0.456. The van der Waals surface area contributed by atoms with Crippen molar-refractivity contribution in [2.24, 2.45) is 5.41 Å². The molecule has 2 nitrogen and oxygen atoms in total. The molecule has 2 rings (SSSR count). The van der Waals surface area contributed by atoms with Gasteiger partial charge in [0, 0.05) is 12.0 Å². The molecule has 27 heavy (non-hydrogen) atoms. The molecular formula is C25H32O2. The van der Waals surface area contributed by atoms with Crippen LogP contribution in [-0.4, -0.2) is 12.6 Å². The lowest BCUT2D eigenvalue weighted by atomic mass is 9.73. The van der Waals surface area contributed by atoms with Gasteiger partial charge in [-0.3, -0.25) is 4.79 Å². The predicted octanol–water partition coefficient (Wildman–Crippen LogP) is 6.01. The Morgan fingerprint density at radius 1 is 1.33 bits per heavy atom. The lowest BCUT2D eigenvalue weighted by molar-refractivity contribution is -0.143. The van der Waals surface area contributed by atoms with Crippen molar-refractivity contribution in [3.8, 4) is 11.8 Å². The molecule has 0 spiro atoms. The number of carbonyl (C=O) groups excluding carboxylic acids is 1. The first-order valence-corrected chi connectivity index (χ1v) is 10.1. The molecule has 0 saturated carbocycles. The lowest BCUT2D eigenvalue weighted by Crippen LogP contribution is -2.18. The summed E-state index contributed by atoms with van der Waals surface area (Å²) in [6.45, 7) is 9.17. The van der Waals surface area contributed by atoms with Crippen LogP contribution in [0, 0.1) is 17.3 Å². The molecule has 0 atom stereocenters. The molecule has 0 aromatic heterocycles. The molecule has 1 aliphatic carbocycles. The molecule has 1 aliphatic rings. The molecule has 0 heterocycles. The minimum absolute atomic E-state index is 0.117. The normalized spacial score (nSPS) is 16.1. The van der Waals surface area contributed by atoms with Gasteiger partial charge in [-0.1, -0.05) is 49.5 Å². The molecule has 2 heteroatoms. The maximum atomic E-state index is 11.4. The molecule has 1 aromatic carbocycles. The van der Waals surface area contributed by atoms with Crippen molar-refractivity contribution in [3.63, 3.8) is 0 Å². The first-order valence-electron chi connectivity index (χ1n) is 10.1. The van der Waals surface area contributed by atoms with Gasteiger partial charge in [0.2, 0.25) is 0 Å². The van der Waals surface area contributed by atoms with Crippen LogP contribution >= 0.6 is 0 Å². The van der Waals surface area contributed by atoms with E-state index in [0.29, 0.717) is 13.0 Å². The smallest absolute Gasteiger partial charge is 0.305 e. The Bertz CT molecular complexity index is 769. The van der Waals surface area contributed by atoms with Crippen LogP contribution in [0.3, 0.4) is 0 Å². The molecule has 0 saturated heterocycles. The Labute approximate surface area is 164 Å². The molecule has 1 aromatic rings. The van der Waals surface area contributed by atoms with E-state index in [0.717, 1.165) is 18.4 Å². The first kappa shape index (κ1) is 21.0. The van der Waals surface area contributed by atoms with E-state index in [4.69, 9.17) is 4.74 Å². The monoisotopic (exact) mass is 364 g/mol. The van der Waals surface area contributed by atoms with E-state index in [2.05, 4.69) is 50.8 Å². The third-order valence-corrected chi connectivity index (χ3v) is 5.17. The zero-order chi connectivity index (χ0) is 19.7. The van der Waals surface area contributed by atoms with E-state index in [1.807, 2.05) is 25.1 Å². The highest BCUT2D eigenvalue weighted by molar-refractivity contribution is 5.69. The number of allylic oxidation sites excluding steroid dienone is 4. The van der Waals surface area contributed by atoms with E-state index >= 15 is 0 Å². The number of benzene rings is 1. The van der Waals surface area contributed by atoms with Crippen LogP contribution in [0.4, 0.5) is 0 Å². The summed E-state index contributed by atoms with van der Waals surface area (Å²) >= 11 is 0. The molecule has 0 radical (unpaired) electrons. The fourth-order valence-corrected chi connectivity index (χ4v) is 3.73. The maximum absolute atomic E-state index is 11.4. The number of esters is 1. The van der Waals surface area contributed by atoms with Crippen molar-refractivity contribution in [1.82, 2.24) is 0 Å². The van der Waals surface area contributed by atoms with E-state index < -0.39 is 0 Å². The highest BCUT2D eigenvalue weighted by Gasteiger charge is 2.26. The van der Waals surface area contributed by atoms with Gasteiger partial charge in [0.05, 0.1) is 6.61 Å². The van der Waals surface area contributed by atoms with Crippen LogP contribution in [0.5, 0.6) is 0 Å². The number of hydrogen-bond donors (Lipinski definition) is 0. The van der Waals surface area contributed by atoms with Crippen molar-refractivity contribution in [2.45, 2.75) is 66.2 Å². The third kappa shape index (κ3) is 6.75. The summed E-state index contributed by atoms with van der Waals surface area (Å²) in [7, 11) is 0. The minimum Gasteiger partial charge on any atom is -0.466 e. The van der Waals surface area contributed by atoms with Crippen LogP contribution in [0.15, 0.2) is 47.6 Å². The molecule has 0 bridgehead atoms. The van der Waals surface area contributed by atoms with E-state index in [1.165, 1.54) is 36.0 Å². The fraction of sp³-hybridized carbons (Fsp3) is 0.480. The third-order valence-electron chi connectivity index (χ3n) is 5.17. The number of carbonyl (C=O) groups is 1. The molecule has 0 unspecified atom stereocenters. The van der Waals surface area contributed by atoms with Gasteiger partial charge in [0.1, 0.15) is 0 Å². The molecular weight excluding hydrogens is 332 g/mol. The predicted molar refractivity (Wildman–Crippen MR) is 112 cm³/mol. The Kier molecular flexibility index (Phi) is 7.92. The molecule has 0 N–H and O–H groups in total. The fourth-order valence-electron chi connectivity index (χ4n) is 3.73. The summed E-state index contributed by atoms with van der Waals surface area (Å²) in [5.74, 6) is 6.31. The molecule has 0 fully saturated rings. The zero-order valence-corrected chi connectivity index (χ0v) is 17.2. The van der Waals surface area contributed by atoms with E-state index in [9.17, 15) is 4.79 Å². The van der Waals surface area contributed by atoms with Gasteiger partial charge in [-0.25, -0.2) is 0 Å². The Hall–Kier alpha value is -2.27. The maximum Gasteiger partial charge on any atom is 0.305 e. The van der Waals surface area contributed by atoms with Gasteiger partial charge in [-0.2, -0.15) is 0 Å². The van der Waals surface area contributed by atoms with Crippen molar-refractivity contribution >= 4 is 5.97 Å².